The lowest BCUT2D eigenvalue weighted by molar-refractivity contribution is 0.228. The summed E-state index contributed by atoms with van der Waals surface area (Å²) < 4.78 is 19.2. The van der Waals surface area contributed by atoms with E-state index in [-0.39, 0.29) is 17.9 Å². The highest BCUT2D eigenvalue weighted by atomic mass is 19.1. The smallest absolute Gasteiger partial charge is 0.246 e. The van der Waals surface area contributed by atoms with E-state index in [9.17, 15) is 4.39 Å². The number of benzene rings is 1. The van der Waals surface area contributed by atoms with Gasteiger partial charge in [-0.15, -0.1) is 0 Å². The minimum atomic E-state index is -0.291. The van der Waals surface area contributed by atoms with Crippen LogP contribution in [0.4, 0.5) is 10.3 Å². The number of ether oxygens (including phenoxy) is 1. The van der Waals surface area contributed by atoms with Crippen LogP contribution in [0.25, 0.3) is 22.3 Å². The molecule has 1 aromatic carbocycles. The summed E-state index contributed by atoms with van der Waals surface area (Å²) in [5.74, 6) is 0.175. The summed E-state index contributed by atoms with van der Waals surface area (Å²) in [5.41, 5.74) is 8.43. The maximum absolute atomic E-state index is 13.2. The van der Waals surface area contributed by atoms with Crippen molar-refractivity contribution in [3.63, 3.8) is 0 Å². The molecule has 0 saturated heterocycles. The van der Waals surface area contributed by atoms with Crippen molar-refractivity contribution < 1.29 is 9.13 Å². The molecule has 0 aliphatic rings. The fraction of sp³-hybridized carbons (Fsp3) is 0.286. The minimum absolute atomic E-state index is 0.130. The number of anilines is 1. The number of fused-ring (bicyclic) bond motifs is 1. The van der Waals surface area contributed by atoms with Gasteiger partial charge in [0.25, 0.3) is 0 Å². The Kier molecular flexibility index (Phi) is 5.96. The predicted molar refractivity (Wildman–Crippen MR) is 106 cm³/mol. The molecule has 2 N–H and O–H groups in total. The van der Waals surface area contributed by atoms with Gasteiger partial charge in [0.15, 0.2) is 5.52 Å². The van der Waals surface area contributed by atoms with Crippen LogP contribution in [-0.2, 0) is 0 Å². The van der Waals surface area contributed by atoms with Crippen molar-refractivity contribution >= 4 is 17.0 Å². The van der Waals surface area contributed by atoms with E-state index in [1.165, 1.54) is 12.1 Å². The van der Waals surface area contributed by atoms with Gasteiger partial charge in [0, 0.05) is 5.56 Å². The maximum atomic E-state index is 13.2. The summed E-state index contributed by atoms with van der Waals surface area (Å²) in [6, 6.07) is 9.79. The lowest BCUT2D eigenvalue weighted by atomic mass is 10.1. The number of unbranched alkanes of at least 4 members (excludes halogenated alkanes) is 2. The SMILES string of the molecule is C=CC(CCCCC)Oc1nc(N)nc2ccc(-c3ccc(F)cc3)nc12. The molecule has 0 aliphatic carbocycles. The molecule has 0 aliphatic heterocycles. The lowest BCUT2D eigenvalue weighted by Crippen LogP contribution is -2.15. The fourth-order valence-electron chi connectivity index (χ4n) is 2.83. The minimum Gasteiger partial charge on any atom is -0.468 e. The summed E-state index contributed by atoms with van der Waals surface area (Å²) in [6.07, 6.45) is 5.75. The first-order valence-corrected chi connectivity index (χ1v) is 9.10. The highest BCUT2D eigenvalue weighted by molar-refractivity contribution is 5.83. The van der Waals surface area contributed by atoms with Crippen LogP contribution >= 0.6 is 0 Å². The van der Waals surface area contributed by atoms with Crippen LogP contribution in [0.15, 0.2) is 49.1 Å². The van der Waals surface area contributed by atoms with Crippen LogP contribution in [0, 0.1) is 5.82 Å². The molecule has 27 heavy (non-hydrogen) atoms. The second-order valence-corrected chi connectivity index (χ2v) is 6.35. The number of hydrogen-bond donors (Lipinski definition) is 1. The zero-order valence-electron chi connectivity index (χ0n) is 15.4. The van der Waals surface area contributed by atoms with Crippen molar-refractivity contribution in [2.75, 3.05) is 5.73 Å². The number of nitrogens with zero attached hydrogens (tertiary/aromatic N) is 3. The summed E-state index contributed by atoms with van der Waals surface area (Å²) in [7, 11) is 0. The van der Waals surface area contributed by atoms with Gasteiger partial charge in [-0.2, -0.15) is 4.98 Å². The fourth-order valence-corrected chi connectivity index (χ4v) is 2.83. The van der Waals surface area contributed by atoms with E-state index in [1.807, 2.05) is 12.1 Å². The molecule has 0 fully saturated rings. The third kappa shape index (κ3) is 4.58. The molecule has 0 bridgehead atoms. The molecule has 2 heterocycles. The van der Waals surface area contributed by atoms with E-state index in [1.54, 1.807) is 18.2 Å². The Hall–Kier alpha value is -3.02. The average molecular weight is 366 g/mol. The summed E-state index contributed by atoms with van der Waals surface area (Å²) in [6.45, 7) is 6.01. The molecule has 140 valence electrons. The van der Waals surface area contributed by atoms with E-state index < -0.39 is 0 Å². The van der Waals surface area contributed by atoms with Gasteiger partial charge >= 0.3 is 0 Å². The van der Waals surface area contributed by atoms with E-state index >= 15 is 0 Å². The monoisotopic (exact) mass is 366 g/mol. The highest BCUT2D eigenvalue weighted by Gasteiger charge is 2.15. The van der Waals surface area contributed by atoms with Crippen molar-refractivity contribution in [3.8, 4) is 17.1 Å². The topological polar surface area (TPSA) is 73.9 Å². The Labute approximate surface area is 158 Å². The maximum Gasteiger partial charge on any atom is 0.246 e. The van der Waals surface area contributed by atoms with Crippen molar-refractivity contribution in [1.29, 1.82) is 0 Å². The molecule has 2 aromatic heterocycles. The molecule has 6 heteroatoms. The van der Waals surface area contributed by atoms with Crippen molar-refractivity contribution in [2.45, 2.75) is 38.7 Å². The molecule has 0 saturated carbocycles. The van der Waals surface area contributed by atoms with Gasteiger partial charge in [-0.05, 0) is 49.2 Å². The molecule has 0 radical (unpaired) electrons. The second kappa shape index (κ2) is 8.58. The highest BCUT2D eigenvalue weighted by Crippen LogP contribution is 2.27. The van der Waals surface area contributed by atoms with Gasteiger partial charge in [-0.3, -0.25) is 0 Å². The number of nitrogens with two attached hydrogens (primary N) is 1. The largest absolute Gasteiger partial charge is 0.468 e. The lowest BCUT2D eigenvalue weighted by Gasteiger charge is -2.16. The standard InChI is InChI=1S/C21H23FN4O/c1-3-5-6-7-16(4-2)27-20-19-18(25-21(23)26-20)13-12-17(24-19)14-8-10-15(22)11-9-14/h4,8-13,16H,2-3,5-7H2,1H3,(H2,23,25,26). The molecule has 5 nitrogen and oxygen atoms in total. The Balaban J connectivity index is 1.96. The van der Waals surface area contributed by atoms with E-state index in [4.69, 9.17) is 10.5 Å². The first kappa shape index (κ1) is 18.8. The van der Waals surface area contributed by atoms with E-state index in [0.29, 0.717) is 22.6 Å². The molecule has 3 rings (SSSR count). The first-order chi connectivity index (χ1) is 13.1. The van der Waals surface area contributed by atoms with Gasteiger partial charge in [0.2, 0.25) is 11.8 Å². The van der Waals surface area contributed by atoms with E-state index in [2.05, 4.69) is 28.5 Å². The number of aromatic nitrogens is 3. The van der Waals surface area contributed by atoms with E-state index in [0.717, 1.165) is 31.2 Å². The van der Waals surface area contributed by atoms with Crippen LogP contribution in [0.5, 0.6) is 5.88 Å². The molecule has 1 unspecified atom stereocenters. The number of hydrogen-bond acceptors (Lipinski definition) is 5. The first-order valence-electron chi connectivity index (χ1n) is 9.10. The predicted octanol–water partition coefficient (Wildman–Crippen LogP) is 4.93. The average Bonchev–Trinajstić information content (AvgIpc) is 2.67. The number of nitrogen functional groups attached to an aromatic ring is 1. The van der Waals surface area contributed by atoms with Gasteiger partial charge in [-0.25, -0.2) is 14.4 Å². The molecule has 3 aromatic rings. The Morgan fingerprint density at radius 1 is 1.11 bits per heavy atom. The molecule has 1 atom stereocenters. The van der Waals surface area contributed by atoms with Crippen LogP contribution in [0.2, 0.25) is 0 Å². The Morgan fingerprint density at radius 2 is 1.89 bits per heavy atom. The number of halogens is 1. The zero-order valence-corrected chi connectivity index (χ0v) is 15.4. The molecule has 0 amide bonds. The third-order valence-corrected chi connectivity index (χ3v) is 4.29. The van der Waals surface area contributed by atoms with Crippen LogP contribution in [0.3, 0.4) is 0 Å². The molecule has 0 spiro atoms. The van der Waals surface area contributed by atoms with Gasteiger partial charge in [-0.1, -0.05) is 32.4 Å². The Bertz CT molecular complexity index is 927. The molecular weight excluding hydrogens is 343 g/mol. The second-order valence-electron chi connectivity index (χ2n) is 6.35. The Morgan fingerprint density at radius 3 is 2.59 bits per heavy atom. The van der Waals surface area contributed by atoms with Crippen molar-refractivity contribution in [1.82, 2.24) is 15.0 Å². The van der Waals surface area contributed by atoms with Crippen molar-refractivity contribution in [3.05, 3.63) is 54.9 Å². The van der Waals surface area contributed by atoms with Crippen LogP contribution in [-0.4, -0.2) is 21.1 Å². The van der Waals surface area contributed by atoms with Gasteiger partial charge < -0.3 is 10.5 Å². The van der Waals surface area contributed by atoms with Gasteiger partial charge in [0.05, 0.1) is 11.2 Å². The summed E-state index contributed by atoms with van der Waals surface area (Å²) in [5, 5.41) is 0. The summed E-state index contributed by atoms with van der Waals surface area (Å²) >= 11 is 0. The number of pyridine rings is 1. The molecular formula is C21H23FN4O. The van der Waals surface area contributed by atoms with Crippen LogP contribution < -0.4 is 10.5 Å². The number of rotatable bonds is 8. The van der Waals surface area contributed by atoms with Gasteiger partial charge in [0.1, 0.15) is 11.9 Å². The normalized spacial score (nSPS) is 12.1. The third-order valence-electron chi connectivity index (χ3n) is 4.29. The zero-order chi connectivity index (χ0) is 19.2. The quantitative estimate of drug-likeness (QED) is 0.452. The summed E-state index contributed by atoms with van der Waals surface area (Å²) in [4.78, 5) is 13.1. The van der Waals surface area contributed by atoms with Crippen molar-refractivity contribution in [2.24, 2.45) is 0 Å². The van der Waals surface area contributed by atoms with Crippen LogP contribution in [0.1, 0.15) is 32.6 Å².